The molecule has 0 N–H and O–H groups in total. The predicted octanol–water partition coefficient (Wildman–Crippen LogP) is 4.77. The second-order valence-electron chi connectivity index (χ2n) is 6.19. The summed E-state index contributed by atoms with van der Waals surface area (Å²) in [5.74, 6) is 0.345. The van der Waals surface area contributed by atoms with Crippen LogP contribution in [-0.2, 0) is 4.79 Å². The van der Waals surface area contributed by atoms with Gasteiger partial charge in [-0.2, -0.15) is 0 Å². The van der Waals surface area contributed by atoms with Gasteiger partial charge in [0.05, 0.1) is 10.2 Å². The Morgan fingerprint density at radius 1 is 0.929 bits per heavy atom. The summed E-state index contributed by atoms with van der Waals surface area (Å²) in [6, 6.07) is 24.8. The fraction of sp³-hybridized carbons (Fsp3) is 0.0435. The van der Waals surface area contributed by atoms with Gasteiger partial charge < -0.3 is 14.6 Å². The summed E-state index contributed by atoms with van der Waals surface area (Å²) in [6.45, 7) is 0. The zero-order valence-corrected chi connectivity index (χ0v) is 15.7. The Labute approximate surface area is 166 Å². The minimum Gasteiger partial charge on any atom is -0.550 e. The highest BCUT2D eigenvalue weighted by atomic mass is 32.1. The molecule has 0 aliphatic carbocycles. The zero-order valence-electron chi connectivity index (χ0n) is 14.9. The molecular formula is C23H16NO3S-. The number of nitrogens with zero attached hydrogens (tertiary/aromatic N) is 1. The van der Waals surface area contributed by atoms with Crippen molar-refractivity contribution in [3.05, 3.63) is 89.4 Å². The molecule has 5 heteroatoms. The van der Waals surface area contributed by atoms with E-state index in [1.807, 2.05) is 84.9 Å². The molecule has 138 valence electrons. The molecule has 0 saturated carbocycles. The standard InChI is InChI=1S/C23H17NO3S/c25-22(26)15-17(23-24-20-8-4-5-9-21(20)28-23)14-16-10-12-19(13-11-16)27-18-6-2-1-3-7-18/h1-14H,15H2,(H,25,26)/p-1/b17-14+. The number of hydrogen-bond acceptors (Lipinski definition) is 5. The molecule has 0 amide bonds. The lowest BCUT2D eigenvalue weighted by Crippen LogP contribution is -2.22. The highest BCUT2D eigenvalue weighted by Gasteiger charge is 2.10. The lowest BCUT2D eigenvalue weighted by Gasteiger charge is -2.07. The lowest BCUT2D eigenvalue weighted by molar-refractivity contribution is -0.304. The van der Waals surface area contributed by atoms with Crippen LogP contribution in [0.1, 0.15) is 17.0 Å². The smallest absolute Gasteiger partial charge is 0.127 e. The largest absolute Gasteiger partial charge is 0.550 e. The van der Waals surface area contributed by atoms with E-state index in [9.17, 15) is 9.90 Å². The third kappa shape index (κ3) is 4.27. The van der Waals surface area contributed by atoms with E-state index in [0.29, 0.717) is 16.3 Å². The van der Waals surface area contributed by atoms with Gasteiger partial charge in [-0.3, -0.25) is 0 Å². The summed E-state index contributed by atoms with van der Waals surface area (Å²) in [6.07, 6.45) is 1.64. The third-order valence-corrected chi connectivity index (χ3v) is 5.22. The van der Waals surface area contributed by atoms with Crippen molar-refractivity contribution in [2.24, 2.45) is 0 Å². The van der Waals surface area contributed by atoms with Crippen LogP contribution >= 0.6 is 11.3 Å². The Kier molecular flexibility index (Phi) is 5.17. The second kappa shape index (κ2) is 8.06. The number of rotatable bonds is 6. The summed E-state index contributed by atoms with van der Waals surface area (Å²) < 4.78 is 6.81. The first kappa shape index (κ1) is 17.9. The average Bonchev–Trinajstić information content (AvgIpc) is 3.14. The molecule has 4 rings (SSSR count). The SMILES string of the molecule is O=C([O-])C/C(=C\c1ccc(Oc2ccccc2)cc1)c1nc2ccccc2s1. The molecule has 0 radical (unpaired) electrons. The summed E-state index contributed by atoms with van der Waals surface area (Å²) in [4.78, 5) is 15.8. The van der Waals surface area contributed by atoms with E-state index in [1.54, 1.807) is 0 Å². The molecule has 1 heterocycles. The maximum Gasteiger partial charge on any atom is 0.127 e. The number of para-hydroxylation sites is 2. The van der Waals surface area contributed by atoms with Crippen molar-refractivity contribution in [2.75, 3.05) is 0 Å². The number of fused-ring (bicyclic) bond motifs is 1. The fourth-order valence-corrected chi connectivity index (χ4v) is 3.79. The number of thiazole rings is 1. The Balaban J connectivity index is 1.61. The molecule has 0 aliphatic rings. The lowest BCUT2D eigenvalue weighted by atomic mass is 10.1. The van der Waals surface area contributed by atoms with E-state index in [0.717, 1.165) is 21.5 Å². The van der Waals surface area contributed by atoms with Crippen LogP contribution in [0.3, 0.4) is 0 Å². The van der Waals surface area contributed by atoms with Gasteiger partial charge in [-0.1, -0.05) is 42.5 Å². The van der Waals surface area contributed by atoms with Gasteiger partial charge in [-0.25, -0.2) is 4.98 Å². The first-order valence-corrected chi connectivity index (χ1v) is 9.58. The molecule has 0 saturated heterocycles. The van der Waals surface area contributed by atoms with Crippen molar-refractivity contribution in [3.63, 3.8) is 0 Å². The Bertz CT molecular complexity index is 1100. The minimum absolute atomic E-state index is 0.192. The van der Waals surface area contributed by atoms with Gasteiger partial charge in [0.25, 0.3) is 0 Å². The highest BCUT2D eigenvalue weighted by Crippen LogP contribution is 2.30. The predicted molar refractivity (Wildman–Crippen MR) is 110 cm³/mol. The number of carboxylic acids is 1. The van der Waals surface area contributed by atoms with Crippen LogP contribution in [0.25, 0.3) is 21.9 Å². The van der Waals surface area contributed by atoms with Crippen LogP contribution in [0.4, 0.5) is 0 Å². The van der Waals surface area contributed by atoms with E-state index in [4.69, 9.17) is 4.74 Å². The first-order chi connectivity index (χ1) is 13.7. The molecule has 0 bridgehead atoms. The Morgan fingerprint density at radius 2 is 1.61 bits per heavy atom. The number of aliphatic carboxylic acids is 1. The number of hydrogen-bond donors (Lipinski definition) is 0. The molecule has 0 aliphatic heterocycles. The van der Waals surface area contributed by atoms with Gasteiger partial charge in [0.1, 0.15) is 16.5 Å². The molecule has 28 heavy (non-hydrogen) atoms. The van der Waals surface area contributed by atoms with Crippen molar-refractivity contribution in [1.29, 1.82) is 0 Å². The first-order valence-electron chi connectivity index (χ1n) is 8.77. The molecule has 4 aromatic rings. The van der Waals surface area contributed by atoms with Gasteiger partial charge in [0, 0.05) is 12.4 Å². The topological polar surface area (TPSA) is 62.2 Å². The van der Waals surface area contributed by atoms with Crippen molar-refractivity contribution in [3.8, 4) is 11.5 Å². The van der Waals surface area contributed by atoms with Crippen molar-refractivity contribution >= 4 is 39.2 Å². The summed E-state index contributed by atoms with van der Waals surface area (Å²) in [5.41, 5.74) is 2.35. The number of carbonyl (C=O) groups is 1. The second-order valence-corrected chi connectivity index (χ2v) is 7.22. The third-order valence-electron chi connectivity index (χ3n) is 4.10. The van der Waals surface area contributed by atoms with Crippen molar-refractivity contribution < 1.29 is 14.6 Å². The van der Waals surface area contributed by atoms with Crippen LogP contribution in [0.5, 0.6) is 11.5 Å². The van der Waals surface area contributed by atoms with E-state index in [2.05, 4.69) is 4.98 Å². The maximum atomic E-state index is 11.3. The molecule has 0 spiro atoms. The van der Waals surface area contributed by atoms with Gasteiger partial charge in [0.2, 0.25) is 0 Å². The van der Waals surface area contributed by atoms with Gasteiger partial charge >= 0.3 is 0 Å². The van der Waals surface area contributed by atoms with E-state index in [-0.39, 0.29) is 6.42 Å². The number of carbonyl (C=O) groups excluding carboxylic acids is 1. The molecule has 0 fully saturated rings. The van der Waals surface area contributed by atoms with E-state index >= 15 is 0 Å². The quantitative estimate of drug-likeness (QED) is 0.479. The Morgan fingerprint density at radius 3 is 2.32 bits per heavy atom. The van der Waals surface area contributed by atoms with E-state index < -0.39 is 5.97 Å². The van der Waals surface area contributed by atoms with Crippen LogP contribution in [-0.4, -0.2) is 11.0 Å². The van der Waals surface area contributed by atoms with Crippen LogP contribution in [0.2, 0.25) is 0 Å². The van der Waals surface area contributed by atoms with E-state index in [1.165, 1.54) is 11.3 Å². The maximum absolute atomic E-state index is 11.3. The van der Waals surface area contributed by atoms with Gasteiger partial charge in [-0.05, 0) is 53.6 Å². The normalized spacial score (nSPS) is 11.5. The number of ether oxygens (including phenoxy) is 1. The average molecular weight is 386 g/mol. The van der Waals surface area contributed by atoms with Crippen LogP contribution in [0, 0.1) is 0 Å². The highest BCUT2D eigenvalue weighted by molar-refractivity contribution is 7.19. The summed E-state index contributed by atoms with van der Waals surface area (Å²) in [5, 5.41) is 11.9. The zero-order chi connectivity index (χ0) is 19.3. The number of carboxylic acid groups (broad SMARTS) is 1. The number of aromatic nitrogens is 1. The molecule has 0 unspecified atom stereocenters. The minimum atomic E-state index is -1.13. The van der Waals surface area contributed by atoms with Crippen molar-refractivity contribution in [1.82, 2.24) is 4.98 Å². The van der Waals surface area contributed by atoms with Gasteiger partial charge in [-0.15, -0.1) is 11.3 Å². The van der Waals surface area contributed by atoms with Crippen LogP contribution in [0.15, 0.2) is 78.9 Å². The Hall–Kier alpha value is -3.44. The summed E-state index contributed by atoms with van der Waals surface area (Å²) in [7, 11) is 0. The molecule has 3 aromatic carbocycles. The molecule has 4 nitrogen and oxygen atoms in total. The molecule has 1 aromatic heterocycles. The summed E-state index contributed by atoms with van der Waals surface area (Å²) >= 11 is 1.48. The number of benzene rings is 3. The van der Waals surface area contributed by atoms with Crippen LogP contribution < -0.4 is 9.84 Å². The van der Waals surface area contributed by atoms with Crippen molar-refractivity contribution in [2.45, 2.75) is 6.42 Å². The monoisotopic (exact) mass is 386 g/mol. The molecular weight excluding hydrogens is 370 g/mol. The van der Waals surface area contributed by atoms with Gasteiger partial charge in [0.15, 0.2) is 0 Å². The fourth-order valence-electron chi connectivity index (χ4n) is 2.81. The molecule has 0 atom stereocenters.